The minimum Gasteiger partial charge on any atom is -0.467 e. The Bertz CT molecular complexity index is 587. The average molecular weight is 291 g/mol. The van der Waals surface area contributed by atoms with E-state index < -0.39 is 5.54 Å². The Morgan fingerprint density at radius 1 is 1.30 bits per heavy atom. The van der Waals surface area contributed by atoms with E-state index in [1.54, 1.807) is 49.6 Å². The van der Waals surface area contributed by atoms with Crippen LogP contribution in [0.4, 0.5) is 5.69 Å². The van der Waals surface area contributed by atoms with Gasteiger partial charge in [-0.2, -0.15) is 0 Å². The molecule has 1 heterocycles. The molecule has 5 heteroatoms. The molecular weight excluding hydrogens is 276 g/mol. The summed E-state index contributed by atoms with van der Waals surface area (Å²) in [4.78, 5) is 16.2. The number of nitrogens with zero attached hydrogens (tertiary/aromatic N) is 1. The van der Waals surface area contributed by atoms with Crippen LogP contribution >= 0.6 is 11.6 Å². The number of anilines is 1. The van der Waals surface area contributed by atoms with Crippen LogP contribution in [-0.2, 0) is 15.1 Å². The highest BCUT2D eigenvalue weighted by atomic mass is 35.5. The van der Waals surface area contributed by atoms with E-state index in [1.165, 1.54) is 7.11 Å². The molecule has 0 amide bonds. The fraction of sp³-hybridized carbons (Fsp3) is 0.200. The highest BCUT2D eigenvalue weighted by Gasteiger charge is 2.36. The van der Waals surface area contributed by atoms with E-state index in [0.717, 1.165) is 11.3 Å². The quantitative estimate of drug-likeness (QED) is 0.878. The Labute approximate surface area is 122 Å². The molecule has 0 saturated heterocycles. The second-order valence-electron chi connectivity index (χ2n) is 4.49. The van der Waals surface area contributed by atoms with Crippen molar-refractivity contribution in [1.82, 2.24) is 4.98 Å². The Morgan fingerprint density at radius 2 is 2.00 bits per heavy atom. The van der Waals surface area contributed by atoms with E-state index in [2.05, 4.69) is 10.3 Å². The molecule has 1 aromatic heterocycles. The molecule has 2 rings (SSSR count). The molecule has 0 spiro atoms. The van der Waals surface area contributed by atoms with Crippen molar-refractivity contribution in [3.63, 3.8) is 0 Å². The molecule has 0 aliphatic rings. The van der Waals surface area contributed by atoms with E-state index in [9.17, 15) is 4.79 Å². The molecule has 0 fully saturated rings. The first-order chi connectivity index (χ1) is 9.56. The minimum absolute atomic E-state index is 0.388. The van der Waals surface area contributed by atoms with Crippen LogP contribution in [0.1, 0.15) is 12.5 Å². The first-order valence-electron chi connectivity index (χ1n) is 6.09. The lowest BCUT2D eigenvalue weighted by Crippen LogP contribution is -2.41. The van der Waals surface area contributed by atoms with Crippen LogP contribution < -0.4 is 5.32 Å². The van der Waals surface area contributed by atoms with Crippen LogP contribution in [0.5, 0.6) is 0 Å². The highest BCUT2D eigenvalue weighted by Crippen LogP contribution is 2.27. The summed E-state index contributed by atoms with van der Waals surface area (Å²) in [5, 5.41) is 3.81. The lowest BCUT2D eigenvalue weighted by atomic mass is 9.93. The van der Waals surface area contributed by atoms with Gasteiger partial charge in [-0.1, -0.05) is 17.7 Å². The number of hydrogen-bond donors (Lipinski definition) is 1. The first kappa shape index (κ1) is 14.3. The summed E-state index contributed by atoms with van der Waals surface area (Å²) in [5.74, 6) is -0.388. The summed E-state index contributed by atoms with van der Waals surface area (Å²) in [6.07, 6.45) is 3.29. The number of rotatable bonds is 4. The number of methoxy groups -OCH3 is 1. The van der Waals surface area contributed by atoms with E-state index in [4.69, 9.17) is 16.3 Å². The molecule has 0 radical (unpaired) electrons. The molecule has 0 aliphatic heterocycles. The summed E-state index contributed by atoms with van der Waals surface area (Å²) in [7, 11) is 1.36. The van der Waals surface area contributed by atoms with Crippen molar-refractivity contribution in [1.29, 1.82) is 0 Å². The van der Waals surface area contributed by atoms with Gasteiger partial charge in [0, 0.05) is 28.7 Å². The number of hydrogen-bond acceptors (Lipinski definition) is 4. The van der Waals surface area contributed by atoms with Crippen LogP contribution in [0.25, 0.3) is 0 Å². The topological polar surface area (TPSA) is 51.2 Å². The van der Waals surface area contributed by atoms with Gasteiger partial charge in [-0.25, -0.2) is 4.79 Å². The Hall–Kier alpha value is -2.07. The molecule has 4 nitrogen and oxygen atoms in total. The maximum atomic E-state index is 12.2. The van der Waals surface area contributed by atoms with Crippen molar-refractivity contribution >= 4 is 23.3 Å². The summed E-state index contributed by atoms with van der Waals surface area (Å²) in [6, 6.07) is 10.7. The fourth-order valence-electron chi connectivity index (χ4n) is 1.93. The third-order valence-corrected chi connectivity index (χ3v) is 3.32. The number of benzene rings is 1. The van der Waals surface area contributed by atoms with Gasteiger partial charge >= 0.3 is 5.97 Å². The lowest BCUT2D eigenvalue weighted by molar-refractivity contribution is -0.145. The predicted molar refractivity (Wildman–Crippen MR) is 78.7 cm³/mol. The molecule has 1 atom stereocenters. The molecule has 0 saturated carbocycles. The van der Waals surface area contributed by atoms with Gasteiger partial charge in [0.05, 0.1) is 7.11 Å². The SMILES string of the molecule is COC(=O)C(C)(Nc1ccc(Cl)cc1)c1cccnc1. The monoisotopic (exact) mass is 290 g/mol. The molecule has 1 N–H and O–H groups in total. The molecule has 20 heavy (non-hydrogen) atoms. The normalized spacial score (nSPS) is 13.3. The number of ether oxygens (including phenoxy) is 1. The number of esters is 1. The second-order valence-corrected chi connectivity index (χ2v) is 4.93. The van der Waals surface area contributed by atoms with Crippen LogP contribution in [0.3, 0.4) is 0 Å². The average Bonchev–Trinajstić information content (AvgIpc) is 2.49. The molecule has 1 unspecified atom stereocenters. The van der Waals surface area contributed by atoms with E-state index >= 15 is 0 Å². The highest BCUT2D eigenvalue weighted by molar-refractivity contribution is 6.30. The minimum atomic E-state index is -1.02. The van der Waals surface area contributed by atoms with Crippen molar-refractivity contribution in [3.05, 3.63) is 59.4 Å². The van der Waals surface area contributed by atoms with Crippen LogP contribution in [0, 0.1) is 0 Å². The number of carbonyl (C=O) groups excluding carboxylic acids is 1. The van der Waals surface area contributed by atoms with Gasteiger partial charge in [0.15, 0.2) is 5.54 Å². The third kappa shape index (κ3) is 2.91. The third-order valence-electron chi connectivity index (χ3n) is 3.07. The molecule has 1 aromatic carbocycles. The van der Waals surface area contributed by atoms with Crippen molar-refractivity contribution in [2.45, 2.75) is 12.5 Å². The Balaban J connectivity index is 2.38. The van der Waals surface area contributed by atoms with Crippen molar-refractivity contribution < 1.29 is 9.53 Å². The van der Waals surface area contributed by atoms with Gasteiger partial charge in [-0.05, 0) is 37.3 Å². The van der Waals surface area contributed by atoms with E-state index in [0.29, 0.717) is 5.02 Å². The zero-order valence-corrected chi connectivity index (χ0v) is 12.0. The Kier molecular flexibility index (Phi) is 4.25. The molecular formula is C15H15ClN2O2. The summed E-state index contributed by atoms with van der Waals surface area (Å²) in [5.41, 5.74) is 0.476. The maximum absolute atomic E-state index is 12.2. The van der Waals surface area contributed by atoms with Gasteiger partial charge in [-0.3, -0.25) is 4.98 Å². The second kappa shape index (κ2) is 5.92. The number of nitrogens with one attached hydrogen (secondary N) is 1. The van der Waals surface area contributed by atoms with Gasteiger partial charge in [0.2, 0.25) is 0 Å². The standard InChI is InChI=1S/C15H15ClN2O2/c1-15(14(19)20-2,11-4-3-9-17-10-11)18-13-7-5-12(16)6-8-13/h3-10,18H,1-2H3. The lowest BCUT2D eigenvalue weighted by Gasteiger charge is -2.29. The number of aromatic nitrogens is 1. The smallest absolute Gasteiger partial charge is 0.335 e. The van der Waals surface area contributed by atoms with Crippen molar-refractivity contribution in [3.8, 4) is 0 Å². The summed E-state index contributed by atoms with van der Waals surface area (Å²) >= 11 is 5.86. The van der Waals surface area contributed by atoms with Crippen LogP contribution in [-0.4, -0.2) is 18.1 Å². The predicted octanol–water partition coefficient (Wildman–Crippen LogP) is 3.24. The van der Waals surface area contributed by atoms with Gasteiger partial charge in [-0.15, -0.1) is 0 Å². The van der Waals surface area contributed by atoms with Crippen LogP contribution in [0.15, 0.2) is 48.8 Å². The zero-order chi connectivity index (χ0) is 14.6. The molecule has 0 bridgehead atoms. The van der Waals surface area contributed by atoms with Gasteiger partial charge in [0.1, 0.15) is 0 Å². The first-order valence-corrected chi connectivity index (χ1v) is 6.47. The number of halogens is 1. The largest absolute Gasteiger partial charge is 0.467 e. The number of carbonyl (C=O) groups is 1. The van der Waals surface area contributed by atoms with E-state index in [1.807, 2.05) is 6.07 Å². The Morgan fingerprint density at radius 3 is 2.55 bits per heavy atom. The maximum Gasteiger partial charge on any atom is 0.335 e. The summed E-state index contributed by atoms with van der Waals surface area (Å²) < 4.78 is 4.91. The van der Waals surface area contributed by atoms with Gasteiger partial charge in [0.25, 0.3) is 0 Å². The molecule has 104 valence electrons. The molecule has 2 aromatic rings. The van der Waals surface area contributed by atoms with Gasteiger partial charge < -0.3 is 10.1 Å². The van der Waals surface area contributed by atoms with E-state index in [-0.39, 0.29) is 5.97 Å². The summed E-state index contributed by atoms with van der Waals surface area (Å²) in [6.45, 7) is 1.75. The van der Waals surface area contributed by atoms with Crippen LogP contribution in [0.2, 0.25) is 5.02 Å². The zero-order valence-electron chi connectivity index (χ0n) is 11.3. The number of pyridine rings is 1. The van der Waals surface area contributed by atoms with Crippen molar-refractivity contribution in [2.24, 2.45) is 0 Å². The van der Waals surface area contributed by atoms with Crippen molar-refractivity contribution in [2.75, 3.05) is 12.4 Å². The molecule has 0 aliphatic carbocycles. The fourth-order valence-corrected chi connectivity index (χ4v) is 2.05.